The molecule has 2 atom stereocenters. The van der Waals surface area contributed by atoms with Crippen LogP contribution in [0.3, 0.4) is 0 Å². The van der Waals surface area contributed by atoms with Gasteiger partial charge >= 0.3 is 0 Å². The normalized spacial score (nSPS) is 25.3. The molecule has 0 bridgehead atoms. The average Bonchev–Trinajstić information content (AvgIpc) is 2.16. The fourth-order valence-corrected chi connectivity index (χ4v) is 2.85. The highest BCUT2D eigenvalue weighted by Gasteiger charge is 2.23. The number of nitrogens with zero attached hydrogens (tertiary/aromatic N) is 1. The molecule has 0 saturated carbocycles. The maximum absolute atomic E-state index is 3.68. The van der Waals surface area contributed by atoms with Crippen LogP contribution in [0.5, 0.6) is 0 Å². The van der Waals surface area contributed by atoms with E-state index < -0.39 is 0 Å². The first-order valence-electron chi connectivity index (χ1n) is 6.99. The van der Waals surface area contributed by atoms with E-state index in [1.165, 1.54) is 32.4 Å². The summed E-state index contributed by atoms with van der Waals surface area (Å²) in [4.78, 5) is 2.67. The topological polar surface area (TPSA) is 15.3 Å². The van der Waals surface area contributed by atoms with Crippen molar-refractivity contribution in [3.8, 4) is 0 Å². The van der Waals surface area contributed by atoms with Gasteiger partial charge < -0.3 is 5.32 Å². The molecule has 2 unspecified atom stereocenters. The van der Waals surface area contributed by atoms with E-state index >= 15 is 0 Å². The van der Waals surface area contributed by atoms with E-state index in [0.717, 1.165) is 12.0 Å². The summed E-state index contributed by atoms with van der Waals surface area (Å²) in [5, 5.41) is 3.68. The van der Waals surface area contributed by atoms with Crippen molar-refractivity contribution in [2.24, 2.45) is 5.92 Å². The lowest BCUT2D eigenvalue weighted by atomic mass is 9.99. The van der Waals surface area contributed by atoms with E-state index in [2.05, 4.69) is 44.8 Å². The molecule has 1 heterocycles. The molecule has 1 rings (SSSR count). The second kappa shape index (κ2) is 6.61. The Morgan fingerprint density at radius 1 is 1.19 bits per heavy atom. The Hall–Kier alpha value is -0.0800. The molecule has 1 fully saturated rings. The third-order valence-corrected chi connectivity index (χ3v) is 3.46. The first-order chi connectivity index (χ1) is 7.49. The minimum Gasteiger partial charge on any atom is -0.311 e. The van der Waals surface area contributed by atoms with E-state index in [1.54, 1.807) is 0 Å². The van der Waals surface area contributed by atoms with Gasteiger partial charge in [-0.3, -0.25) is 4.90 Å². The summed E-state index contributed by atoms with van der Waals surface area (Å²) in [6.07, 6.45) is 4.03. The van der Waals surface area contributed by atoms with Gasteiger partial charge in [-0.1, -0.05) is 27.7 Å². The largest absolute Gasteiger partial charge is 0.311 e. The van der Waals surface area contributed by atoms with Crippen molar-refractivity contribution in [3.63, 3.8) is 0 Å². The fourth-order valence-electron chi connectivity index (χ4n) is 2.85. The molecule has 1 aliphatic rings. The predicted molar refractivity (Wildman–Crippen MR) is 71.8 cm³/mol. The molecular weight excluding hydrogens is 196 g/mol. The molecule has 0 aromatic rings. The Kier molecular flexibility index (Phi) is 5.77. The van der Waals surface area contributed by atoms with Crippen molar-refractivity contribution in [1.29, 1.82) is 0 Å². The lowest BCUT2D eigenvalue weighted by Crippen LogP contribution is -2.50. The molecule has 16 heavy (non-hydrogen) atoms. The van der Waals surface area contributed by atoms with E-state index in [4.69, 9.17) is 0 Å². The van der Waals surface area contributed by atoms with Crippen LogP contribution in [-0.2, 0) is 0 Å². The lowest BCUT2D eigenvalue weighted by Gasteiger charge is -2.38. The number of likely N-dealkylation sites (tertiary alicyclic amines) is 1. The molecule has 0 aliphatic carbocycles. The highest BCUT2D eigenvalue weighted by Crippen LogP contribution is 2.17. The third-order valence-electron chi connectivity index (χ3n) is 3.46. The summed E-state index contributed by atoms with van der Waals surface area (Å²) < 4.78 is 0. The number of piperidine rings is 1. The van der Waals surface area contributed by atoms with Crippen LogP contribution in [0, 0.1) is 5.92 Å². The highest BCUT2D eigenvalue weighted by molar-refractivity contribution is 4.82. The average molecular weight is 226 g/mol. The first-order valence-corrected chi connectivity index (χ1v) is 6.99. The molecule has 0 radical (unpaired) electrons. The molecular formula is C14H30N2. The van der Waals surface area contributed by atoms with Gasteiger partial charge in [0.1, 0.15) is 0 Å². The Morgan fingerprint density at radius 3 is 2.44 bits per heavy atom. The van der Waals surface area contributed by atoms with Crippen molar-refractivity contribution in [1.82, 2.24) is 10.2 Å². The molecule has 0 amide bonds. The molecule has 0 spiro atoms. The van der Waals surface area contributed by atoms with E-state index in [0.29, 0.717) is 12.1 Å². The van der Waals surface area contributed by atoms with Gasteiger partial charge in [0.25, 0.3) is 0 Å². The van der Waals surface area contributed by atoms with Gasteiger partial charge in [-0.2, -0.15) is 0 Å². The van der Waals surface area contributed by atoms with Gasteiger partial charge in [0, 0.05) is 24.7 Å². The minimum atomic E-state index is 0.616. The summed E-state index contributed by atoms with van der Waals surface area (Å²) in [5.74, 6) is 0.813. The maximum atomic E-state index is 3.68. The molecule has 1 aliphatic heterocycles. The summed E-state index contributed by atoms with van der Waals surface area (Å²) in [7, 11) is 0. The van der Waals surface area contributed by atoms with Crippen LogP contribution in [0.1, 0.15) is 53.9 Å². The second-order valence-electron chi connectivity index (χ2n) is 6.13. The molecule has 0 aromatic carbocycles. The van der Waals surface area contributed by atoms with Crippen LogP contribution in [0.2, 0.25) is 0 Å². The smallest absolute Gasteiger partial charge is 0.0197 e. The van der Waals surface area contributed by atoms with Gasteiger partial charge in [0.05, 0.1) is 0 Å². The molecule has 2 heteroatoms. The standard InChI is InChI=1S/C14H30N2/c1-11(2)9-13(5)16-8-6-7-14(10-16)15-12(3)4/h11-15H,6-10H2,1-5H3. The number of rotatable bonds is 5. The zero-order chi connectivity index (χ0) is 12.1. The lowest BCUT2D eigenvalue weighted by molar-refractivity contribution is 0.128. The predicted octanol–water partition coefficient (Wildman–Crippen LogP) is 2.88. The van der Waals surface area contributed by atoms with Gasteiger partial charge in [0.2, 0.25) is 0 Å². The Morgan fingerprint density at radius 2 is 1.88 bits per heavy atom. The van der Waals surface area contributed by atoms with E-state index in [1.807, 2.05) is 0 Å². The quantitative estimate of drug-likeness (QED) is 0.775. The van der Waals surface area contributed by atoms with Crippen LogP contribution in [0.25, 0.3) is 0 Å². The van der Waals surface area contributed by atoms with Crippen molar-refractivity contribution in [3.05, 3.63) is 0 Å². The summed E-state index contributed by atoms with van der Waals surface area (Å²) in [6.45, 7) is 14.1. The molecule has 0 aromatic heterocycles. The van der Waals surface area contributed by atoms with E-state index in [9.17, 15) is 0 Å². The molecule has 1 saturated heterocycles. The summed E-state index contributed by atoms with van der Waals surface area (Å²) in [5.41, 5.74) is 0. The van der Waals surface area contributed by atoms with Crippen LogP contribution in [-0.4, -0.2) is 36.1 Å². The number of hydrogen-bond acceptors (Lipinski definition) is 2. The fraction of sp³-hybridized carbons (Fsp3) is 1.00. The van der Waals surface area contributed by atoms with Crippen LogP contribution < -0.4 is 5.32 Å². The van der Waals surface area contributed by atoms with Gasteiger partial charge in [-0.05, 0) is 38.6 Å². The maximum Gasteiger partial charge on any atom is 0.0197 e. The minimum absolute atomic E-state index is 0.616. The molecule has 1 N–H and O–H groups in total. The monoisotopic (exact) mass is 226 g/mol. The van der Waals surface area contributed by atoms with Crippen molar-refractivity contribution < 1.29 is 0 Å². The molecule has 96 valence electrons. The Balaban J connectivity index is 2.37. The molecule has 2 nitrogen and oxygen atoms in total. The Labute approximate surface area is 102 Å². The van der Waals surface area contributed by atoms with Crippen molar-refractivity contribution in [2.75, 3.05) is 13.1 Å². The first kappa shape index (κ1) is 14.0. The second-order valence-corrected chi connectivity index (χ2v) is 6.13. The van der Waals surface area contributed by atoms with Crippen LogP contribution >= 0.6 is 0 Å². The third kappa shape index (κ3) is 4.84. The van der Waals surface area contributed by atoms with Crippen LogP contribution in [0.15, 0.2) is 0 Å². The number of nitrogens with one attached hydrogen (secondary N) is 1. The highest BCUT2D eigenvalue weighted by atomic mass is 15.2. The Bertz CT molecular complexity index is 181. The van der Waals surface area contributed by atoms with Gasteiger partial charge in [-0.25, -0.2) is 0 Å². The van der Waals surface area contributed by atoms with Crippen molar-refractivity contribution in [2.45, 2.75) is 72.0 Å². The van der Waals surface area contributed by atoms with Crippen LogP contribution in [0.4, 0.5) is 0 Å². The van der Waals surface area contributed by atoms with Gasteiger partial charge in [0.15, 0.2) is 0 Å². The SMILES string of the molecule is CC(C)CC(C)N1CCCC(NC(C)C)C1. The zero-order valence-electron chi connectivity index (χ0n) is 11.8. The summed E-state index contributed by atoms with van der Waals surface area (Å²) >= 11 is 0. The number of hydrogen-bond donors (Lipinski definition) is 1. The van der Waals surface area contributed by atoms with Crippen molar-refractivity contribution >= 4 is 0 Å². The summed E-state index contributed by atoms with van der Waals surface area (Å²) in [6, 6.07) is 2.07. The van der Waals surface area contributed by atoms with Gasteiger partial charge in [-0.15, -0.1) is 0 Å². The van der Waals surface area contributed by atoms with E-state index in [-0.39, 0.29) is 0 Å². The zero-order valence-corrected chi connectivity index (χ0v) is 11.8.